The summed E-state index contributed by atoms with van der Waals surface area (Å²) in [5, 5.41) is 13.1. The summed E-state index contributed by atoms with van der Waals surface area (Å²) in [6, 6.07) is 3.66. The number of rotatable bonds is 1. The predicted octanol–water partition coefficient (Wildman–Crippen LogP) is 3.28. The molecule has 0 atom stereocenters. The number of nitrogens with two attached hydrogens (primary N) is 1. The van der Waals surface area contributed by atoms with Crippen molar-refractivity contribution in [3.05, 3.63) is 57.7 Å². The third-order valence-electron chi connectivity index (χ3n) is 5.18. The highest BCUT2D eigenvalue weighted by atomic mass is 19.4. The molecule has 4 rings (SSSR count). The molecule has 10 heteroatoms. The lowest BCUT2D eigenvalue weighted by Gasteiger charge is -2.13. The van der Waals surface area contributed by atoms with Crippen molar-refractivity contribution in [1.29, 1.82) is 0 Å². The molecule has 3 N–H and O–H groups in total. The molecule has 2 heterocycles. The number of benzene rings is 1. The van der Waals surface area contributed by atoms with Crippen LogP contribution in [0.4, 0.5) is 13.2 Å². The number of carbonyl (C=O) groups excluding carboxylic acids is 1. The fraction of sp³-hybridized carbons (Fsp3) is 0.300. The van der Waals surface area contributed by atoms with Crippen molar-refractivity contribution in [3.63, 3.8) is 0 Å². The molecule has 0 saturated carbocycles. The summed E-state index contributed by atoms with van der Waals surface area (Å²) in [6.07, 6.45) is -3.44. The van der Waals surface area contributed by atoms with Crippen molar-refractivity contribution in [1.82, 2.24) is 19.6 Å². The number of halogens is 3. The topological polar surface area (TPSA) is 106 Å². The van der Waals surface area contributed by atoms with Crippen LogP contribution in [0.1, 0.15) is 40.6 Å². The second-order valence-corrected chi connectivity index (χ2v) is 7.10. The number of phenolic OH excluding ortho intramolecular Hbond substituents is 1. The van der Waals surface area contributed by atoms with Crippen molar-refractivity contribution >= 4 is 17.3 Å². The number of amides is 1. The minimum Gasteiger partial charge on any atom is -0.508 e. The number of hydrogen-bond donors (Lipinski definition) is 2. The maximum Gasteiger partial charge on any atom is 0.434 e. The van der Waals surface area contributed by atoms with E-state index < -0.39 is 17.8 Å². The lowest BCUT2D eigenvalue weighted by Crippen LogP contribution is -2.20. The first-order valence-corrected chi connectivity index (χ1v) is 8.99. The zero-order valence-electron chi connectivity index (χ0n) is 16.8. The van der Waals surface area contributed by atoms with Gasteiger partial charge in [-0.15, -0.1) is 0 Å². The number of phenols is 1. The zero-order valence-corrected chi connectivity index (χ0v) is 16.8. The normalized spacial score (nSPS) is 13.3. The monoisotopic (exact) mass is 419 g/mol. The molecule has 0 spiro atoms. The average molecular weight is 419 g/mol. The number of aromatic nitrogens is 4. The average Bonchev–Trinajstić information content (AvgIpc) is 3.25. The quantitative estimate of drug-likeness (QED) is 0.630. The highest BCUT2D eigenvalue weighted by Gasteiger charge is 2.42. The summed E-state index contributed by atoms with van der Waals surface area (Å²) in [5.41, 5.74) is 7.70. The van der Waals surface area contributed by atoms with E-state index in [1.54, 1.807) is 13.0 Å². The van der Waals surface area contributed by atoms with Crippen LogP contribution in [0.3, 0.4) is 0 Å². The van der Waals surface area contributed by atoms with Gasteiger partial charge in [-0.2, -0.15) is 23.3 Å². The molecule has 0 radical (unpaired) electrons. The van der Waals surface area contributed by atoms with Crippen LogP contribution in [0.15, 0.2) is 24.0 Å². The molecule has 3 aromatic rings. The van der Waals surface area contributed by atoms with Crippen LogP contribution in [0.2, 0.25) is 0 Å². The van der Waals surface area contributed by atoms with Gasteiger partial charge in [-0.25, -0.2) is 9.50 Å². The van der Waals surface area contributed by atoms with E-state index in [4.69, 9.17) is 5.73 Å². The highest BCUT2D eigenvalue weighted by Crippen LogP contribution is 2.40. The molecule has 30 heavy (non-hydrogen) atoms. The Morgan fingerprint density at radius 3 is 2.40 bits per heavy atom. The fourth-order valence-electron chi connectivity index (χ4n) is 3.36. The van der Waals surface area contributed by atoms with Gasteiger partial charge in [-0.05, 0) is 50.5 Å². The summed E-state index contributed by atoms with van der Waals surface area (Å²) in [4.78, 5) is 18.6. The summed E-state index contributed by atoms with van der Waals surface area (Å²) in [5.74, 6) is -0.675. The lowest BCUT2D eigenvalue weighted by molar-refractivity contribution is -0.141. The van der Waals surface area contributed by atoms with Crippen LogP contribution < -0.4 is 5.73 Å². The van der Waals surface area contributed by atoms with Gasteiger partial charge in [-0.1, -0.05) is 11.6 Å². The number of allylic oxidation sites excluding steroid dienone is 1. The molecule has 1 amide bonds. The first-order valence-electron chi connectivity index (χ1n) is 8.99. The van der Waals surface area contributed by atoms with Gasteiger partial charge < -0.3 is 10.8 Å². The third-order valence-corrected chi connectivity index (χ3v) is 5.18. The first kappa shape index (κ1) is 21.3. The van der Waals surface area contributed by atoms with Gasteiger partial charge in [0.05, 0.1) is 5.69 Å². The van der Waals surface area contributed by atoms with Gasteiger partial charge in [0.1, 0.15) is 12.1 Å². The Morgan fingerprint density at radius 1 is 1.17 bits per heavy atom. The molecule has 158 valence electrons. The first-order chi connectivity index (χ1) is 13.9. The third kappa shape index (κ3) is 3.60. The predicted molar refractivity (Wildman–Crippen MR) is 104 cm³/mol. The van der Waals surface area contributed by atoms with Crippen LogP contribution in [-0.2, 0) is 17.4 Å². The Morgan fingerprint density at radius 2 is 1.83 bits per heavy atom. The van der Waals surface area contributed by atoms with Crippen LogP contribution >= 0.6 is 0 Å². The zero-order chi connectivity index (χ0) is 22.4. The van der Waals surface area contributed by atoms with Crippen molar-refractivity contribution in [3.8, 4) is 5.75 Å². The second kappa shape index (κ2) is 7.43. The number of aryl methyl sites for hydroxylation is 1. The van der Waals surface area contributed by atoms with E-state index in [0.29, 0.717) is 11.3 Å². The summed E-state index contributed by atoms with van der Waals surface area (Å²) >= 11 is 0. The number of aromatic hydroxyl groups is 1. The number of fused-ring (bicyclic) bond motifs is 3. The fourth-order valence-corrected chi connectivity index (χ4v) is 3.36. The Labute approximate surface area is 170 Å². The van der Waals surface area contributed by atoms with Crippen molar-refractivity contribution in [2.45, 2.75) is 40.3 Å². The van der Waals surface area contributed by atoms with Gasteiger partial charge in [-0.3, -0.25) is 4.79 Å². The standard InChI is InChI=1S/C11H8F3N5O.C9H12O/c1-4-2-5-7(6(4)9(15)20)8(11(12,13)14)18-10-16-3-17-19(5)10;1-6-4-5-9(10)8(3)7(6)2/h3H,2H2,1H3,(H2,15,20);4-5,10H,1-3H3. The van der Waals surface area contributed by atoms with Gasteiger partial charge in [0, 0.05) is 17.6 Å². The van der Waals surface area contributed by atoms with Crippen LogP contribution in [0.5, 0.6) is 5.75 Å². The van der Waals surface area contributed by atoms with Crippen LogP contribution in [0.25, 0.3) is 11.4 Å². The van der Waals surface area contributed by atoms with Gasteiger partial charge in [0.2, 0.25) is 5.91 Å². The molecule has 1 aliphatic carbocycles. The summed E-state index contributed by atoms with van der Waals surface area (Å²) < 4.78 is 40.6. The van der Waals surface area contributed by atoms with E-state index in [2.05, 4.69) is 15.1 Å². The van der Waals surface area contributed by atoms with Crippen LogP contribution in [0, 0.1) is 20.8 Å². The maximum absolute atomic E-state index is 13.1. The molecule has 2 aromatic heterocycles. The van der Waals surface area contributed by atoms with Crippen molar-refractivity contribution in [2.75, 3.05) is 0 Å². The second-order valence-electron chi connectivity index (χ2n) is 7.10. The molecule has 0 bridgehead atoms. The van der Waals surface area contributed by atoms with E-state index in [1.165, 1.54) is 15.6 Å². The Bertz CT molecular complexity index is 1170. The smallest absolute Gasteiger partial charge is 0.434 e. The molecule has 1 aliphatic rings. The van der Waals surface area contributed by atoms with Crippen molar-refractivity contribution in [2.24, 2.45) is 5.73 Å². The Balaban J connectivity index is 0.000000216. The maximum atomic E-state index is 13.1. The summed E-state index contributed by atoms with van der Waals surface area (Å²) in [7, 11) is 0. The minimum atomic E-state index is -4.71. The number of carbonyl (C=O) groups is 1. The van der Waals surface area contributed by atoms with Crippen LogP contribution in [-0.4, -0.2) is 30.6 Å². The Hall–Kier alpha value is -3.43. The van der Waals surface area contributed by atoms with Crippen molar-refractivity contribution < 1.29 is 23.1 Å². The molecule has 7 nitrogen and oxygen atoms in total. The number of alkyl halides is 3. The molecule has 0 aliphatic heterocycles. The molecule has 0 fully saturated rings. The number of nitrogens with zero attached hydrogens (tertiary/aromatic N) is 4. The lowest BCUT2D eigenvalue weighted by atomic mass is 10.0. The van der Waals surface area contributed by atoms with Gasteiger partial charge in [0.15, 0.2) is 5.69 Å². The minimum absolute atomic E-state index is 0.141. The molecular weight excluding hydrogens is 399 g/mol. The van der Waals surface area contributed by atoms with E-state index in [1.807, 2.05) is 26.8 Å². The molecular formula is C20H20F3N5O2. The number of primary amides is 1. The van der Waals surface area contributed by atoms with Gasteiger partial charge >= 0.3 is 6.18 Å². The Kier molecular flexibility index (Phi) is 5.27. The molecule has 0 saturated heterocycles. The highest BCUT2D eigenvalue weighted by molar-refractivity contribution is 6.21. The van der Waals surface area contributed by atoms with Gasteiger partial charge in [0.25, 0.3) is 5.78 Å². The van der Waals surface area contributed by atoms with E-state index >= 15 is 0 Å². The van der Waals surface area contributed by atoms with E-state index in [-0.39, 0.29) is 29.0 Å². The van der Waals surface area contributed by atoms with E-state index in [9.17, 15) is 23.1 Å². The number of hydrogen-bond acceptors (Lipinski definition) is 5. The largest absolute Gasteiger partial charge is 0.508 e. The molecule has 1 aromatic carbocycles. The summed E-state index contributed by atoms with van der Waals surface area (Å²) in [6.45, 7) is 7.55. The SMILES string of the molecule is CC1=C(C(N)=O)c2c(C(F)(F)F)nc3ncnn3c2C1.Cc1ccc(O)c(C)c1C. The molecule has 0 unspecified atom stereocenters. The van der Waals surface area contributed by atoms with E-state index in [0.717, 1.165) is 11.9 Å².